The van der Waals surface area contributed by atoms with E-state index in [0.29, 0.717) is 17.8 Å². The van der Waals surface area contributed by atoms with Gasteiger partial charge in [-0.15, -0.1) is 0 Å². The quantitative estimate of drug-likeness (QED) is 0.575. The second kappa shape index (κ2) is 6.21. The first-order chi connectivity index (χ1) is 9.52. The summed E-state index contributed by atoms with van der Waals surface area (Å²) in [5, 5.41) is 13.7. The van der Waals surface area contributed by atoms with Crippen LogP contribution >= 0.6 is 0 Å². The Morgan fingerprint density at radius 1 is 1.50 bits per heavy atom. The number of hydrogen-bond acceptors (Lipinski definition) is 3. The van der Waals surface area contributed by atoms with Crippen LogP contribution in [0.5, 0.6) is 0 Å². The third-order valence-corrected chi connectivity index (χ3v) is 3.96. The fourth-order valence-electron chi connectivity index (χ4n) is 2.77. The summed E-state index contributed by atoms with van der Waals surface area (Å²) in [6, 6.07) is 0.206. The molecule has 0 aromatic heterocycles. The van der Waals surface area contributed by atoms with E-state index in [-0.39, 0.29) is 6.04 Å². The first-order valence-corrected chi connectivity index (χ1v) is 6.99. The van der Waals surface area contributed by atoms with Crippen LogP contribution in [0.1, 0.15) is 20.8 Å². The smallest absolute Gasteiger partial charge is 0.278 e. The molecule has 0 N–H and O–H groups in total. The molecule has 0 amide bonds. The molecule has 2 heterocycles. The molecule has 2 rings (SSSR count). The predicted octanol–water partition coefficient (Wildman–Crippen LogP) is 1.36. The van der Waals surface area contributed by atoms with Crippen molar-refractivity contribution in [1.82, 2.24) is 9.80 Å². The largest absolute Gasteiger partial charge is 0.381 e. The summed E-state index contributed by atoms with van der Waals surface area (Å²) in [7, 11) is 0. The maximum atomic E-state index is 10.8. The van der Waals surface area contributed by atoms with Crippen LogP contribution in [-0.2, 0) is 4.74 Å². The topological polar surface area (TPSA) is 71.2 Å². The summed E-state index contributed by atoms with van der Waals surface area (Å²) in [4.78, 5) is 14.6. The molecule has 2 aliphatic heterocycles. The van der Waals surface area contributed by atoms with Crippen molar-refractivity contribution < 1.29 is 9.77 Å². The van der Waals surface area contributed by atoms with Gasteiger partial charge in [-0.05, 0) is 19.8 Å². The van der Waals surface area contributed by atoms with Crippen LogP contribution in [0, 0.1) is 22.0 Å². The Hall–Kier alpha value is -1.63. The summed E-state index contributed by atoms with van der Waals surface area (Å²) >= 11 is 0. The van der Waals surface area contributed by atoms with Crippen LogP contribution < -0.4 is 0 Å². The number of ether oxygens (including phenoxy) is 1. The summed E-state index contributed by atoms with van der Waals surface area (Å²) in [5.74, 6) is 1.31. The third kappa shape index (κ3) is 3.09. The second-order valence-corrected chi connectivity index (χ2v) is 5.55. The highest BCUT2D eigenvalue weighted by atomic mass is 16.7. The van der Waals surface area contributed by atoms with Crippen LogP contribution in [0.25, 0.3) is 0 Å². The fraction of sp³-hybridized carbons (Fsp3) is 0.769. The van der Waals surface area contributed by atoms with E-state index in [1.165, 1.54) is 0 Å². The normalized spacial score (nSPS) is 32.8. The molecule has 112 valence electrons. The molecular formula is C13H22N4O3. The van der Waals surface area contributed by atoms with E-state index in [9.17, 15) is 10.1 Å². The highest BCUT2D eigenvalue weighted by Crippen LogP contribution is 2.25. The SMILES string of the molecule is CC=CN1CC(C)N(CC2COCC2C)C1=N[N+](=O)[O-]. The maximum Gasteiger partial charge on any atom is 0.278 e. The molecule has 2 saturated heterocycles. The average molecular weight is 282 g/mol. The van der Waals surface area contributed by atoms with E-state index in [4.69, 9.17) is 4.74 Å². The van der Waals surface area contributed by atoms with Gasteiger partial charge >= 0.3 is 0 Å². The van der Waals surface area contributed by atoms with Gasteiger partial charge in [0.2, 0.25) is 0 Å². The first kappa shape index (κ1) is 14.8. The van der Waals surface area contributed by atoms with Crippen molar-refractivity contribution in [3.63, 3.8) is 0 Å². The second-order valence-electron chi connectivity index (χ2n) is 5.55. The van der Waals surface area contributed by atoms with Gasteiger partial charge in [0.25, 0.3) is 5.96 Å². The monoisotopic (exact) mass is 282 g/mol. The molecule has 7 heteroatoms. The van der Waals surface area contributed by atoms with Gasteiger partial charge in [-0.2, -0.15) is 0 Å². The molecule has 2 fully saturated rings. The molecule has 3 unspecified atom stereocenters. The minimum atomic E-state index is -0.620. The van der Waals surface area contributed by atoms with Crippen molar-refractivity contribution in [1.29, 1.82) is 0 Å². The Labute approximate surface area is 119 Å². The minimum Gasteiger partial charge on any atom is -0.381 e. The van der Waals surface area contributed by atoms with Crippen LogP contribution in [-0.4, -0.2) is 53.1 Å². The summed E-state index contributed by atoms with van der Waals surface area (Å²) < 4.78 is 5.48. The molecule has 0 aromatic carbocycles. The third-order valence-electron chi connectivity index (χ3n) is 3.96. The lowest BCUT2D eigenvalue weighted by Gasteiger charge is -2.26. The highest BCUT2D eigenvalue weighted by Gasteiger charge is 2.37. The Bertz CT molecular complexity index is 424. The number of hydrogen-bond donors (Lipinski definition) is 0. The molecule has 0 bridgehead atoms. The molecular weight excluding hydrogens is 260 g/mol. The lowest BCUT2D eigenvalue weighted by Crippen LogP contribution is -2.39. The van der Waals surface area contributed by atoms with Gasteiger partial charge in [-0.1, -0.05) is 13.0 Å². The van der Waals surface area contributed by atoms with Crippen LogP contribution in [0.2, 0.25) is 0 Å². The molecule has 0 radical (unpaired) electrons. The fourth-order valence-corrected chi connectivity index (χ4v) is 2.77. The van der Waals surface area contributed by atoms with Gasteiger partial charge in [-0.3, -0.25) is 0 Å². The van der Waals surface area contributed by atoms with Crippen molar-refractivity contribution in [3.8, 4) is 0 Å². The van der Waals surface area contributed by atoms with E-state index in [0.717, 1.165) is 26.3 Å². The highest BCUT2D eigenvalue weighted by molar-refractivity contribution is 5.83. The van der Waals surface area contributed by atoms with Crippen LogP contribution in [0.4, 0.5) is 0 Å². The van der Waals surface area contributed by atoms with Crippen molar-refractivity contribution >= 4 is 5.96 Å². The predicted molar refractivity (Wildman–Crippen MR) is 75.6 cm³/mol. The summed E-state index contributed by atoms with van der Waals surface area (Å²) in [6.07, 6.45) is 3.71. The number of nitrogens with zero attached hydrogens (tertiary/aromatic N) is 4. The zero-order valence-corrected chi connectivity index (χ0v) is 12.2. The number of allylic oxidation sites excluding steroid dienone is 1. The van der Waals surface area contributed by atoms with E-state index < -0.39 is 5.03 Å². The molecule has 2 aliphatic rings. The van der Waals surface area contributed by atoms with Crippen molar-refractivity contribution in [2.24, 2.45) is 16.9 Å². The molecule has 7 nitrogen and oxygen atoms in total. The lowest BCUT2D eigenvalue weighted by molar-refractivity contribution is -0.486. The van der Waals surface area contributed by atoms with E-state index in [2.05, 4.69) is 18.9 Å². The van der Waals surface area contributed by atoms with E-state index in [1.807, 2.05) is 29.0 Å². The van der Waals surface area contributed by atoms with E-state index in [1.54, 1.807) is 0 Å². The van der Waals surface area contributed by atoms with Crippen molar-refractivity contribution in [2.75, 3.05) is 26.3 Å². The molecule has 0 aliphatic carbocycles. The number of hydrazone groups is 1. The van der Waals surface area contributed by atoms with Gasteiger partial charge < -0.3 is 14.5 Å². The van der Waals surface area contributed by atoms with Crippen LogP contribution in [0.15, 0.2) is 17.4 Å². The number of rotatable bonds is 4. The van der Waals surface area contributed by atoms with Gasteiger partial charge in [0.1, 0.15) is 5.10 Å². The Morgan fingerprint density at radius 2 is 2.25 bits per heavy atom. The standard InChI is InChI=1S/C13H22N4O3/c1-4-5-15-6-11(3)16(13(15)14-17(18)19)7-12-9-20-8-10(12)2/h4-5,10-12H,6-9H2,1-3H3. The maximum absolute atomic E-state index is 10.8. The summed E-state index contributed by atoms with van der Waals surface area (Å²) in [5.41, 5.74) is 0. The van der Waals surface area contributed by atoms with Gasteiger partial charge in [-0.25, -0.2) is 10.1 Å². The van der Waals surface area contributed by atoms with Crippen molar-refractivity contribution in [3.05, 3.63) is 22.4 Å². The van der Waals surface area contributed by atoms with Crippen molar-refractivity contribution in [2.45, 2.75) is 26.8 Å². The summed E-state index contributed by atoms with van der Waals surface area (Å²) in [6.45, 7) is 9.09. The first-order valence-electron chi connectivity index (χ1n) is 6.99. The number of nitro groups is 1. The van der Waals surface area contributed by atoms with Crippen LogP contribution in [0.3, 0.4) is 0 Å². The zero-order chi connectivity index (χ0) is 14.7. The molecule has 0 aromatic rings. The molecule has 3 atom stereocenters. The van der Waals surface area contributed by atoms with Gasteiger partial charge in [0.05, 0.1) is 6.61 Å². The Kier molecular flexibility index (Phi) is 4.59. The Morgan fingerprint density at radius 3 is 2.80 bits per heavy atom. The molecule has 20 heavy (non-hydrogen) atoms. The Balaban J connectivity index is 2.17. The average Bonchev–Trinajstić information content (AvgIpc) is 2.89. The molecule has 0 saturated carbocycles. The zero-order valence-electron chi connectivity index (χ0n) is 12.2. The van der Waals surface area contributed by atoms with E-state index >= 15 is 0 Å². The minimum absolute atomic E-state index is 0.206. The van der Waals surface area contributed by atoms with Gasteiger partial charge in [0, 0.05) is 37.9 Å². The lowest BCUT2D eigenvalue weighted by atomic mass is 9.97. The molecule has 0 spiro atoms. The van der Waals surface area contributed by atoms with Gasteiger partial charge in [0.15, 0.2) is 5.03 Å². The number of guanidine groups is 1.